The second-order valence-corrected chi connectivity index (χ2v) is 4.46. The number of β-lactam (4-membered cyclic amide) rings is 1. The number of hydroxylamine groups is 2. The van der Waals surface area contributed by atoms with Crippen LogP contribution in [0, 0.1) is 11.3 Å². The molecule has 0 spiro atoms. The molecule has 98 valence electrons. The van der Waals surface area contributed by atoms with Crippen LogP contribution in [0.3, 0.4) is 0 Å². The topological polar surface area (TPSA) is 104 Å². The van der Waals surface area contributed by atoms with Crippen LogP contribution >= 0.6 is 0 Å². The van der Waals surface area contributed by atoms with Crippen molar-refractivity contribution in [3.05, 3.63) is 0 Å². The summed E-state index contributed by atoms with van der Waals surface area (Å²) in [5.41, 5.74) is -3.90. The minimum absolute atomic E-state index is 0. The van der Waals surface area contributed by atoms with Gasteiger partial charge in [0, 0.05) is 0 Å². The number of nitrogens with zero attached hydrogens (tertiary/aromatic N) is 1. The summed E-state index contributed by atoms with van der Waals surface area (Å²) in [5, 5.41) is 18.8. The molecule has 1 heterocycles. The summed E-state index contributed by atoms with van der Waals surface area (Å²) >= 11 is 0. The molecule has 1 fully saturated rings. The number of hydrogen-bond donors (Lipinski definition) is 2. The van der Waals surface area contributed by atoms with Gasteiger partial charge in [0.2, 0.25) is 0 Å². The normalized spacial score (nSPS) is 25.4. The first-order chi connectivity index (χ1) is 7.68. The zero-order valence-electron chi connectivity index (χ0n) is 12.1. The maximum Gasteiger partial charge on any atom is 1.00 e. The van der Waals surface area contributed by atoms with E-state index in [2.05, 4.69) is 4.84 Å². The van der Waals surface area contributed by atoms with E-state index >= 15 is 0 Å². The Morgan fingerprint density at radius 3 is 1.94 bits per heavy atom. The molecule has 1 unspecified atom stereocenters. The van der Waals surface area contributed by atoms with Crippen LogP contribution in [0.4, 0.5) is 0 Å². The van der Waals surface area contributed by atoms with E-state index in [-0.39, 0.29) is 31.0 Å². The summed E-state index contributed by atoms with van der Waals surface area (Å²) in [4.78, 5) is 39.1. The SMILES string of the molecule is CON1C(=O)C(C)(C(C)C)C1(C(=O)O)C(=O)O.[H-].[Na+]. The van der Waals surface area contributed by atoms with E-state index in [1.54, 1.807) is 13.8 Å². The molecule has 1 saturated heterocycles. The van der Waals surface area contributed by atoms with Gasteiger partial charge in [-0.2, -0.15) is 5.06 Å². The predicted octanol–water partition coefficient (Wildman–Crippen LogP) is -2.92. The van der Waals surface area contributed by atoms with Crippen molar-refractivity contribution in [1.29, 1.82) is 0 Å². The molecule has 18 heavy (non-hydrogen) atoms. The molecular formula is C10H16NNaO6. The van der Waals surface area contributed by atoms with E-state index < -0.39 is 34.7 Å². The third-order valence-electron chi connectivity index (χ3n) is 3.64. The van der Waals surface area contributed by atoms with E-state index in [0.29, 0.717) is 5.06 Å². The van der Waals surface area contributed by atoms with Crippen molar-refractivity contribution in [2.75, 3.05) is 7.11 Å². The average Bonchev–Trinajstić information content (AvgIpc) is 2.21. The van der Waals surface area contributed by atoms with Crippen LogP contribution in [0.25, 0.3) is 0 Å². The molecular weight excluding hydrogens is 253 g/mol. The van der Waals surface area contributed by atoms with Gasteiger partial charge in [-0.15, -0.1) is 0 Å². The largest absolute Gasteiger partial charge is 1.00 e. The number of hydrogen-bond acceptors (Lipinski definition) is 4. The summed E-state index contributed by atoms with van der Waals surface area (Å²) in [6, 6.07) is 0. The Bertz CT molecular complexity index is 387. The molecule has 0 aromatic rings. The maximum atomic E-state index is 11.9. The summed E-state index contributed by atoms with van der Waals surface area (Å²) < 4.78 is 0. The van der Waals surface area contributed by atoms with Gasteiger partial charge in [0.05, 0.1) is 12.5 Å². The predicted molar refractivity (Wildman–Crippen MR) is 55.9 cm³/mol. The molecule has 1 rings (SSSR count). The fourth-order valence-corrected chi connectivity index (χ4v) is 2.27. The van der Waals surface area contributed by atoms with Gasteiger partial charge >= 0.3 is 41.5 Å². The quantitative estimate of drug-likeness (QED) is 0.322. The Balaban J connectivity index is 0. The Morgan fingerprint density at radius 2 is 1.72 bits per heavy atom. The van der Waals surface area contributed by atoms with Crippen LogP contribution in [0.2, 0.25) is 0 Å². The first-order valence-electron chi connectivity index (χ1n) is 5.04. The average molecular weight is 269 g/mol. The van der Waals surface area contributed by atoms with Crippen LogP contribution in [0.5, 0.6) is 0 Å². The maximum absolute atomic E-state index is 11.9. The van der Waals surface area contributed by atoms with Crippen molar-refractivity contribution in [2.24, 2.45) is 11.3 Å². The third kappa shape index (κ3) is 1.61. The number of rotatable bonds is 4. The summed E-state index contributed by atoms with van der Waals surface area (Å²) in [6.07, 6.45) is 0. The van der Waals surface area contributed by atoms with Crippen molar-refractivity contribution in [3.63, 3.8) is 0 Å². The van der Waals surface area contributed by atoms with Crippen LogP contribution < -0.4 is 29.6 Å². The van der Waals surface area contributed by atoms with Crippen LogP contribution in [0.15, 0.2) is 0 Å². The first-order valence-corrected chi connectivity index (χ1v) is 5.04. The second kappa shape index (κ2) is 5.16. The Hall–Kier alpha value is -0.630. The van der Waals surface area contributed by atoms with E-state index in [1.165, 1.54) is 6.92 Å². The molecule has 8 heteroatoms. The van der Waals surface area contributed by atoms with Gasteiger partial charge in [0.25, 0.3) is 11.4 Å². The molecule has 0 aromatic carbocycles. The monoisotopic (exact) mass is 269 g/mol. The van der Waals surface area contributed by atoms with Crippen molar-refractivity contribution in [2.45, 2.75) is 26.3 Å². The molecule has 0 saturated carbocycles. The number of carbonyl (C=O) groups is 3. The number of carboxylic acids is 2. The molecule has 1 amide bonds. The van der Waals surface area contributed by atoms with Gasteiger partial charge < -0.3 is 11.6 Å². The molecule has 7 nitrogen and oxygen atoms in total. The number of aliphatic carboxylic acids is 2. The van der Waals surface area contributed by atoms with Crippen LogP contribution in [0.1, 0.15) is 22.2 Å². The number of amides is 1. The van der Waals surface area contributed by atoms with Crippen LogP contribution in [-0.2, 0) is 19.2 Å². The van der Waals surface area contributed by atoms with Gasteiger partial charge in [-0.05, 0) is 12.8 Å². The van der Waals surface area contributed by atoms with Gasteiger partial charge in [-0.3, -0.25) is 9.63 Å². The molecule has 1 atom stereocenters. The van der Waals surface area contributed by atoms with Gasteiger partial charge in [0.15, 0.2) is 0 Å². The molecule has 0 aliphatic carbocycles. The van der Waals surface area contributed by atoms with E-state index in [0.717, 1.165) is 7.11 Å². The van der Waals surface area contributed by atoms with Crippen molar-refractivity contribution in [1.82, 2.24) is 5.06 Å². The van der Waals surface area contributed by atoms with E-state index in [4.69, 9.17) is 0 Å². The second-order valence-electron chi connectivity index (χ2n) is 4.46. The molecule has 1 aliphatic heterocycles. The molecule has 1 aliphatic rings. The van der Waals surface area contributed by atoms with Crippen molar-refractivity contribution < 1.29 is 60.4 Å². The summed E-state index contributed by atoms with van der Waals surface area (Å²) in [7, 11) is 1.07. The van der Waals surface area contributed by atoms with Crippen LogP contribution in [-0.4, -0.2) is 45.8 Å². The Morgan fingerprint density at radius 1 is 1.33 bits per heavy atom. The van der Waals surface area contributed by atoms with E-state index in [9.17, 15) is 24.6 Å². The van der Waals surface area contributed by atoms with Gasteiger partial charge in [-0.1, -0.05) is 13.8 Å². The fourth-order valence-electron chi connectivity index (χ4n) is 2.27. The standard InChI is InChI=1S/C10H15NO6.Na.H/c1-5(2)9(3)6(12)11(17-4)10(9,7(13)14)8(15)16;;/h5H,1-4H3,(H,13,14)(H,15,16);;/q;+1;-1. The van der Waals surface area contributed by atoms with Crippen molar-refractivity contribution >= 4 is 17.8 Å². The number of carbonyl (C=O) groups excluding carboxylic acids is 1. The Kier molecular flexibility index (Phi) is 4.98. The first kappa shape index (κ1) is 17.4. The summed E-state index contributed by atoms with van der Waals surface area (Å²) in [6.45, 7) is 4.54. The smallest absolute Gasteiger partial charge is 1.00 e. The van der Waals surface area contributed by atoms with E-state index in [1.807, 2.05) is 0 Å². The molecule has 0 radical (unpaired) electrons. The zero-order valence-corrected chi connectivity index (χ0v) is 13.1. The summed E-state index contributed by atoms with van der Waals surface area (Å²) in [5.74, 6) is -4.31. The fraction of sp³-hybridized carbons (Fsp3) is 0.700. The molecule has 0 bridgehead atoms. The van der Waals surface area contributed by atoms with Gasteiger partial charge in [-0.25, -0.2) is 9.59 Å². The third-order valence-corrected chi connectivity index (χ3v) is 3.64. The molecule has 2 N–H and O–H groups in total. The minimum atomic E-state index is -2.37. The van der Waals surface area contributed by atoms with Gasteiger partial charge in [0.1, 0.15) is 0 Å². The minimum Gasteiger partial charge on any atom is -1.00 e. The molecule has 0 aromatic heterocycles. The Labute approximate surface area is 128 Å². The zero-order chi connectivity index (χ0) is 13.6. The van der Waals surface area contributed by atoms with Crippen molar-refractivity contribution in [3.8, 4) is 0 Å². The number of carboxylic acid groups (broad SMARTS) is 2.